The minimum absolute atomic E-state index is 0.222. The molecular weight excluding hydrogens is 398 g/mol. The van der Waals surface area contributed by atoms with Crippen LogP contribution in [0.4, 0.5) is 0 Å². The standard InChI is InChI=1S/C16H18ClNO5.C4H6.CH2O/c17-11-6-2-1-4-9(11)10-5-3-7-13(15(10)21)23-16(22)12(18)8-14(19)20;1-3-4-2;1-2/h1-2,4,6,10,12-13H,3,5,7-8,18H2,(H,19,20);3-4H,1-2H2;1H2/t10?,12-,13+;;/m0../s1. The summed E-state index contributed by atoms with van der Waals surface area (Å²) in [6.45, 7) is 8.72. The number of benzene rings is 1. The fourth-order valence-corrected chi connectivity index (χ4v) is 2.97. The Morgan fingerprint density at radius 2 is 1.83 bits per heavy atom. The van der Waals surface area contributed by atoms with Gasteiger partial charge in [0.2, 0.25) is 0 Å². The normalized spacial score (nSPS) is 18.6. The van der Waals surface area contributed by atoms with Crippen LogP contribution < -0.4 is 5.73 Å². The van der Waals surface area contributed by atoms with Crippen molar-refractivity contribution in [1.29, 1.82) is 0 Å². The molecule has 29 heavy (non-hydrogen) atoms. The molecule has 0 spiro atoms. The largest absolute Gasteiger partial charge is 0.481 e. The summed E-state index contributed by atoms with van der Waals surface area (Å²) >= 11 is 6.14. The smallest absolute Gasteiger partial charge is 0.324 e. The maximum absolute atomic E-state index is 12.6. The van der Waals surface area contributed by atoms with Gasteiger partial charge < -0.3 is 20.4 Å². The molecule has 1 unspecified atom stereocenters. The van der Waals surface area contributed by atoms with Gasteiger partial charge in [0.05, 0.1) is 6.42 Å². The van der Waals surface area contributed by atoms with E-state index < -0.39 is 36.4 Å². The molecule has 1 aromatic rings. The SMILES string of the molecule is C=CC=C.C=O.N[C@@H](CC(=O)O)C(=O)O[C@@H]1CCCC(c2ccccc2Cl)C1=O. The van der Waals surface area contributed by atoms with Gasteiger partial charge in [-0.3, -0.25) is 14.4 Å². The molecule has 1 fully saturated rings. The predicted octanol–water partition coefficient (Wildman–Crippen LogP) is 3.06. The summed E-state index contributed by atoms with van der Waals surface area (Å²) in [6.07, 6.45) is 3.59. The van der Waals surface area contributed by atoms with E-state index in [-0.39, 0.29) is 5.78 Å². The number of allylic oxidation sites excluding steroid dienone is 2. The second-order valence-electron chi connectivity index (χ2n) is 6.01. The first kappa shape index (κ1) is 26.2. The Kier molecular flexibility index (Phi) is 12.9. The predicted molar refractivity (Wildman–Crippen MR) is 111 cm³/mol. The second-order valence-corrected chi connectivity index (χ2v) is 6.42. The van der Waals surface area contributed by atoms with Gasteiger partial charge in [-0.2, -0.15) is 0 Å². The van der Waals surface area contributed by atoms with Gasteiger partial charge in [0, 0.05) is 10.9 Å². The van der Waals surface area contributed by atoms with Crippen LogP contribution in [0.25, 0.3) is 0 Å². The Hall–Kier alpha value is -2.77. The number of carboxylic acids is 1. The third-order valence-electron chi connectivity index (χ3n) is 4.02. The van der Waals surface area contributed by atoms with Crippen molar-refractivity contribution >= 4 is 36.1 Å². The van der Waals surface area contributed by atoms with E-state index in [4.69, 9.17) is 32.0 Å². The molecule has 0 aliphatic heterocycles. The van der Waals surface area contributed by atoms with E-state index in [1.54, 1.807) is 36.4 Å². The summed E-state index contributed by atoms with van der Waals surface area (Å²) in [6, 6.07) is 5.79. The van der Waals surface area contributed by atoms with Crippen molar-refractivity contribution in [2.75, 3.05) is 0 Å². The van der Waals surface area contributed by atoms with E-state index in [2.05, 4.69) is 13.2 Å². The molecule has 3 N–H and O–H groups in total. The molecule has 0 aromatic heterocycles. The quantitative estimate of drug-likeness (QED) is 0.532. The fraction of sp³-hybridized carbons (Fsp3) is 0.333. The Balaban J connectivity index is 0.00000116. The summed E-state index contributed by atoms with van der Waals surface area (Å²) in [7, 11) is 0. The van der Waals surface area contributed by atoms with Gasteiger partial charge in [-0.15, -0.1) is 0 Å². The van der Waals surface area contributed by atoms with E-state index in [9.17, 15) is 14.4 Å². The topological polar surface area (TPSA) is 124 Å². The zero-order valence-corrected chi connectivity index (χ0v) is 16.8. The third kappa shape index (κ3) is 8.85. The summed E-state index contributed by atoms with van der Waals surface area (Å²) in [4.78, 5) is 43.0. The van der Waals surface area contributed by atoms with Gasteiger partial charge in [-0.1, -0.05) is 55.1 Å². The molecule has 1 saturated carbocycles. The van der Waals surface area contributed by atoms with Crippen molar-refractivity contribution in [3.05, 3.63) is 60.2 Å². The molecule has 0 bridgehead atoms. The van der Waals surface area contributed by atoms with Crippen molar-refractivity contribution in [2.24, 2.45) is 5.73 Å². The van der Waals surface area contributed by atoms with E-state index in [0.29, 0.717) is 24.3 Å². The van der Waals surface area contributed by atoms with Gasteiger partial charge in [-0.05, 0) is 30.9 Å². The van der Waals surface area contributed by atoms with E-state index >= 15 is 0 Å². The highest BCUT2D eigenvalue weighted by Crippen LogP contribution is 2.35. The number of carbonyl (C=O) groups excluding carboxylic acids is 3. The lowest BCUT2D eigenvalue weighted by Crippen LogP contribution is -2.41. The van der Waals surface area contributed by atoms with Gasteiger partial charge in [0.15, 0.2) is 11.9 Å². The number of carboxylic acid groups (broad SMARTS) is 1. The highest BCUT2D eigenvalue weighted by atomic mass is 35.5. The number of nitrogens with two attached hydrogens (primary N) is 1. The number of halogens is 1. The Labute approximate surface area is 175 Å². The van der Waals surface area contributed by atoms with Crippen LogP contribution in [0.2, 0.25) is 5.02 Å². The van der Waals surface area contributed by atoms with Crippen molar-refractivity contribution in [3.63, 3.8) is 0 Å². The number of carbonyl (C=O) groups is 4. The molecule has 0 amide bonds. The highest BCUT2D eigenvalue weighted by molar-refractivity contribution is 6.31. The molecule has 8 heteroatoms. The molecule has 3 atom stereocenters. The third-order valence-corrected chi connectivity index (χ3v) is 4.37. The van der Waals surface area contributed by atoms with Crippen LogP contribution in [0.1, 0.15) is 37.2 Å². The van der Waals surface area contributed by atoms with Crippen LogP contribution in [0.15, 0.2) is 49.6 Å². The summed E-state index contributed by atoms with van der Waals surface area (Å²) < 4.78 is 5.14. The summed E-state index contributed by atoms with van der Waals surface area (Å²) in [5.41, 5.74) is 6.18. The summed E-state index contributed by atoms with van der Waals surface area (Å²) in [5, 5.41) is 9.14. The van der Waals surface area contributed by atoms with Gasteiger partial charge in [0.1, 0.15) is 12.8 Å². The highest BCUT2D eigenvalue weighted by Gasteiger charge is 2.36. The van der Waals surface area contributed by atoms with Crippen LogP contribution in [0.3, 0.4) is 0 Å². The molecule has 7 nitrogen and oxygen atoms in total. The second kappa shape index (κ2) is 14.3. The van der Waals surface area contributed by atoms with E-state index in [1.165, 1.54) is 0 Å². The molecule has 2 rings (SSSR count). The number of rotatable bonds is 6. The number of hydrogen-bond acceptors (Lipinski definition) is 6. The van der Waals surface area contributed by atoms with Crippen molar-refractivity contribution in [1.82, 2.24) is 0 Å². The van der Waals surface area contributed by atoms with Gasteiger partial charge in [0.25, 0.3) is 0 Å². The lowest BCUT2D eigenvalue weighted by Gasteiger charge is -2.28. The first-order valence-electron chi connectivity index (χ1n) is 8.80. The number of ether oxygens (including phenoxy) is 1. The molecule has 0 saturated heterocycles. The minimum Gasteiger partial charge on any atom is -0.481 e. The number of esters is 1. The fourth-order valence-electron chi connectivity index (χ4n) is 2.70. The zero-order chi connectivity index (χ0) is 22.4. The van der Waals surface area contributed by atoms with E-state index in [1.807, 2.05) is 6.79 Å². The van der Waals surface area contributed by atoms with Crippen molar-refractivity contribution < 1.29 is 29.0 Å². The molecule has 158 valence electrons. The van der Waals surface area contributed by atoms with Crippen LogP contribution in [0.5, 0.6) is 0 Å². The van der Waals surface area contributed by atoms with Gasteiger partial charge in [-0.25, -0.2) is 0 Å². The maximum atomic E-state index is 12.6. The Morgan fingerprint density at radius 1 is 1.24 bits per heavy atom. The molecule has 0 radical (unpaired) electrons. The van der Waals surface area contributed by atoms with Crippen LogP contribution in [-0.2, 0) is 23.9 Å². The monoisotopic (exact) mass is 423 g/mol. The molecule has 0 heterocycles. The van der Waals surface area contributed by atoms with Crippen LogP contribution in [0, 0.1) is 0 Å². The number of Topliss-reactive ketones (excluding diaryl/α,β-unsaturated/α-hetero) is 1. The van der Waals surface area contributed by atoms with Crippen molar-refractivity contribution in [2.45, 2.75) is 43.7 Å². The number of aliphatic carboxylic acids is 1. The molecular formula is C21H26ClNO6. The van der Waals surface area contributed by atoms with Gasteiger partial charge >= 0.3 is 11.9 Å². The lowest BCUT2D eigenvalue weighted by atomic mass is 9.81. The first-order chi connectivity index (χ1) is 13.8. The number of ketones is 1. The van der Waals surface area contributed by atoms with Crippen LogP contribution in [-0.4, -0.2) is 41.8 Å². The number of hydrogen-bond donors (Lipinski definition) is 2. The van der Waals surface area contributed by atoms with Crippen LogP contribution >= 0.6 is 11.6 Å². The molecule has 1 aromatic carbocycles. The average molecular weight is 424 g/mol. The maximum Gasteiger partial charge on any atom is 0.324 e. The molecule has 1 aliphatic carbocycles. The Bertz CT molecular complexity index is 715. The zero-order valence-electron chi connectivity index (χ0n) is 16.1. The lowest BCUT2D eigenvalue weighted by molar-refractivity contribution is -0.160. The minimum atomic E-state index is -1.28. The average Bonchev–Trinajstić information content (AvgIpc) is 2.71. The van der Waals surface area contributed by atoms with E-state index in [0.717, 1.165) is 5.56 Å². The first-order valence-corrected chi connectivity index (χ1v) is 9.17. The summed E-state index contributed by atoms with van der Waals surface area (Å²) in [5.74, 6) is -2.71. The Morgan fingerprint density at radius 3 is 2.34 bits per heavy atom. The van der Waals surface area contributed by atoms with Crippen molar-refractivity contribution in [3.8, 4) is 0 Å². The molecule has 1 aliphatic rings.